The number of hydrogen-bond donors (Lipinski definition) is 2. The maximum absolute atomic E-state index is 12.5. The van der Waals surface area contributed by atoms with Gasteiger partial charge in [0.15, 0.2) is 18.0 Å². The molecule has 0 spiro atoms. The molecule has 2 N–H and O–H groups in total. The number of fused-ring (bicyclic) bond motifs is 1. The fourth-order valence-electron chi connectivity index (χ4n) is 3.66. The average Bonchev–Trinajstić information content (AvgIpc) is 2.59. The van der Waals surface area contributed by atoms with Crippen LogP contribution in [-0.4, -0.2) is 33.2 Å². The van der Waals surface area contributed by atoms with Crippen molar-refractivity contribution < 1.29 is 19.2 Å². The minimum Gasteiger partial charge on any atom is -0.493 e. The SMILES string of the molecule is COc1cc2c(cc1OC)C[NH+](CC(=O)Nc1cc(C)cc(C)c1)CC2. The molecule has 0 aromatic heterocycles. The van der Waals surface area contributed by atoms with Gasteiger partial charge in [-0.2, -0.15) is 0 Å². The van der Waals surface area contributed by atoms with Crippen molar-refractivity contribution in [2.24, 2.45) is 0 Å². The number of carbonyl (C=O) groups is 1. The second-order valence-electron chi connectivity index (χ2n) is 7.00. The van der Waals surface area contributed by atoms with Gasteiger partial charge in [0.05, 0.1) is 20.8 Å². The Hall–Kier alpha value is -2.53. The van der Waals surface area contributed by atoms with Crippen molar-refractivity contribution >= 4 is 11.6 Å². The summed E-state index contributed by atoms with van der Waals surface area (Å²) in [6, 6.07) is 10.2. The van der Waals surface area contributed by atoms with E-state index in [1.54, 1.807) is 14.2 Å². The van der Waals surface area contributed by atoms with Crippen molar-refractivity contribution in [1.29, 1.82) is 0 Å². The number of rotatable bonds is 5. The lowest BCUT2D eigenvalue weighted by Gasteiger charge is -2.26. The molecule has 0 aliphatic carbocycles. The zero-order valence-electron chi connectivity index (χ0n) is 15.9. The lowest BCUT2D eigenvalue weighted by molar-refractivity contribution is -0.907. The molecule has 26 heavy (non-hydrogen) atoms. The third kappa shape index (κ3) is 4.17. The third-order valence-corrected chi connectivity index (χ3v) is 4.81. The molecule has 0 bridgehead atoms. The minimum atomic E-state index is 0.0499. The van der Waals surface area contributed by atoms with Crippen LogP contribution in [0.15, 0.2) is 30.3 Å². The highest BCUT2D eigenvalue weighted by Crippen LogP contribution is 2.31. The highest BCUT2D eigenvalue weighted by Gasteiger charge is 2.24. The highest BCUT2D eigenvalue weighted by molar-refractivity contribution is 5.91. The van der Waals surface area contributed by atoms with Crippen LogP contribution in [-0.2, 0) is 17.8 Å². The van der Waals surface area contributed by atoms with Gasteiger partial charge in [-0.25, -0.2) is 0 Å². The van der Waals surface area contributed by atoms with Gasteiger partial charge in [-0.15, -0.1) is 0 Å². The molecular formula is C21H27N2O3+. The van der Waals surface area contributed by atoms with Gasteiger partial charge < -0.3 is 19.7 Å². The van der Waals surface area contributed by atoms with E-state index in [4.69, 9.17) is 9.47 Å². The molecule has 0 saturated heterocycles. The van der Waals surface area contributed by atoms with Gasteiger partial charge in [0.2, 0.25) is 0 Å². The average molecular weight is 355 g/mol. The van der Waals surface area contributed by atoms with Crippen LogP contribution in [0.5, 0.6) is 11.5 Å². The van der Waals surface area contributed by atoms with E-state index in [0.717, 1.165) is 47.8 Å². The van der Waals surface area contributed by atoms with E-state index in [1.807, 2.05) is 32.0 Å². The second-order valence-corrected chi connectivity index (χ2v) is 7.00. The Balaban J connectivity index is 1.66. The first kappa shape index (κ1) is 18.3. The predicted octanol–water partition coefficient (Wildman–Crippen LogP) is 1.90. The number of methoxy groups -OCH3 is 2. The standard InChI is InChI=1S/C21H26N2O3/c1-14-7-15(2)9-18(8-14)22-21(24)13-23-6-5-16-10-19(25-3)20(26-4)11-17(16)12-23/h7-11H,5-6,12-13H2,1-4H3,(H,22,24)/p+1. The molecule has 0 fully saturated rings. The summed E-state index contributed by atoms with van der Waals surface area (Å²) in [5.41, 5.74) is 5.68. The fraction of sp³-hybridized carbons (Fsp3) is 0.381. The molecule has 2 aromatic rings. The Morgan fingerprint density at radius 3 is 2.23 bits per heavy atom. The van der Waals surface area contributed by atoms with E-state index in [2.05, 4.69) is 17.4 Å². The third-order valence-electron chi connectivity index (χ3n) is 4.81. The molecule has 1 aliphatic rings. The number of ether oxygens (including phenoxy) is 2. The van der Waals surface area contributed by atoms with Crippen LogP contribution in [0, 0.1) is 13.8 Å². The van der Waals surface area contributed by atoms with Crippen LogP contribution >= 0.6 is 0 Å². The molecule has 1 amide bonds. The van der Waals surface area contributed by atoms with Crippen molar-refractivity contribution in [3.8, 4) is 11.5 Å². The van der Waals surface area contributed by atoms with Crippen molar-refractivity contribution in [2.75, 3.05) is 32.6 Å². The summed E-state index contributed by atoms with van der Waals surface area (Å²) in [6.07, 6.45) is 0.932. The molecular weight excluding hydrogens is 328 g/mol. The Labute approximate surface area is 154 Å². The van der Waals surface area contributed by atoms with E-state index < -0.39 is 0 Å². The molecule has 3 rings (SSSR count). The number of benzene rings is 2. The van der Waals surface area contributed by atoms with Crippen LogP contribution < -0.4 is 19.7 Å². The molecule has 1 heterocycles. The summed E-state index contributed by atoms with van der Waals surface area (Å²) >= 11 is 0. The molecule has 1 unspecified atom stereocenters. The number of carbonyl (C=O) groups excluding carboxylic acids is 1. The minimum absolute atomic E-state index is 0.0499. The summed E-state index contributed by atoms with van der Waals surface area (Å²) in [5.74, 6) is 1.56. The first-order valence-electron chi connectivity index (χ1n) is 8.94. The Morgan fingerprint density at radius 1 is 1.00 bits per heavy atom. The Kier molecular flexibility index (Phi) is 5.47. The van der Waals surface area contributed by atoms with Crippen molar-refractivity contribution in [3.63, 3.8) is 0 Å². The monoisotopic (exact) mass is 355 g/mol. The van der Waals surface area contributed by atoms with Gasteiger partial charge in [-0.3, -0.25) is 4.79 Å². The molecule has 0 radical (unpaired) electrons. The summed E-state index contributed by atoms with van der Waals surface area (Å²) in [6.45, 7) is 6.29. The van der Waals surface area contributed by atoms with Gasteiger partial charge in [0.1, 0.15) is 6.54 Å². The summed E-state index contributed by atoms with van der Waals surface area (Å²) < 4.78 is 10.8. The molecule has 5 nitrogen and oxygen atoms in total. The van der Waals surface area contributed by atoms with E-state index in [-0.39, 0.29) is 5.91 Å². The van der Waals surface area contributed by atoms with Crippen LogP contribution in [0.1, 0.15) is 22.3 Å². The molecule has 1 aliphatic heterocycles. The summed E-state index contributed by atoms with van der Waals surface area (Å²) in [5, 5.41) is 3.03. The summed E-state index contributed by atoms with van der Waals surface area (Å²) in [4.78, 5) is 13.7. The van der Waals surface area contributed by atoms with Crippen molar-refractivity contribution in [1.82, 2.24) is 0 Å². The zero-order chi connectivity index (χ0) is 18.7. The first-order valence-corrected chi connectivity index (χ1v) is 8.94. The molecule has 1 atom stereocenters. The van der Waals surface area contributed by atoms with Crippen LogP contribution in [0.2, 0.25) is 0 Å². The van der Waals surface area contributed by atoms with Gasteiger partial charge in [-0.05, 0) is 54.8 Å². The maximum atomic E-state index is 12.5. The Morgan fingerprint density at radius 2 is 1.62 bits per heavy atom. The normalized spacial score (nSPS) is 15.9. The smallest absolute Gasteiger partial charge is 0.279 e. The second kappa shape index (κ2) is 7.79. The quantitative estimate of drug-likeness (QED) is 0.861. The van der Waals surface area contributed by atoms with Gasteiger partial charge in [0.25, 0.3) is 5.91 Å². The van der Waals surface area contributed by atoms with Crippen LogP contribution in [0.25, 0.3) is 0 Å². The Bertz CT molecular complexity index is 797. The van der Waals surface area contributed by atoms with Crippen LogP contribution in [0.4, 0.5) is 5.69 Å². The number of quaternary nitrogens is 1. The van der Waals surface area contributed by atoms with Gasteiger partial charge in [-0.1, -0.05) is 6.07 Å². The fourth-order valence-corrected chi connectivity index (χ4v) is 3.66. The highest BCUT2D eigenvalue weighted by atomic mass is 16.5. The molecule has 0 saturated carbocycles. The lowest BCUT2D eigenvalue weighted by Crippen LogP contribution is -3.12. The number of amides is 1. The van der Waals surface area contributed by atoms with E-state index >= 15 is 0 Å². The van der Waals surface area contributed by atoms with Gasteiger partial charge >= 0.3 is 0 Å². The largest absolute Gasteiger partial charge is 0.493 e. The molecule has 5 heteroatoms. The van der Waals surface area contributed by atoms with Crippen molar-refractivity contribution in [2.45, 2.75) is 26.8 Å². The number of nitrogens with one attached hydrogen (secondary N) is 2. The molecule has 138 valence electrons. The number of aryl methyl sites for hydroxylation is 2. The summed E-state index contributed by atoms with van der Waals surface area (Å²) in [7, 11) is 3.30. The lowest BCUT2D eigenvalue weighted by atomic mass is 9.99. The number of anilines is 1. The van der Waals surface area contributed by atoms with E-state index in [9.17, 15) is 4.79 Å². The zero-order valence-corrected chi connectivity index (χ0v) is 15.9. The van der Waals surface area contributed by atoms with E-state index in [0.29, 0.717) is 6.54 Å². The van der Waals surface area contributed by atoms with Gasteiger partial charge in [0, 0.05) is 17.7 Å². The first-order chi connectivity index (χ1) is 12.5. The van der Waals surface area contributed by atoms with Crippen LogP contribution in [0.3, 0.4) is 0 Å². The maximum Gasteiger partial charge on any atom is 0.279 e. The number of hydrogen-bond acceptors (Lipinski definition) is 3. The van der Waals surface area contributed by atoms with E-state index in [1.165, 1.54) is 16.0 Å². The molecule has 2 aromatic carbocycles. The van der Waals surface area contributed by atoms with Crippen molar-refractivity contribution in [3.05, 3.63) is 52.6 Å². The predicted molar refractivity (Wildman–Crippen MR) is 102 cm³/mol. The topological polar surface area (TPSA) is 52.0 Å².